The number of sulfonamides is 1. The van der Waals surface area contributed by atoms with Crippen LogP contribution in [-0.2, 0) is 20.9 Å². The van der Waals surface area contributed by atoms with Gasteiger partial charge in [0.2, 0.25) is 0 Å². The Morgan fingerprint density at radius 1 is 1.29 bits per heavy atom. The number of hydrogen-bond acceptors (Lipinski definition) is 5. The summed E-state index contributed by atoms with van der Waals surface area (Å²) in [6.45, 7) is 0. The molecule has 0 saturated heterocycles. The average molecular weight is 400 g/mol. The van der Waals surface area contributed by atoms with Crippen molar-refractivity contribution in [3.05, 3.63) is 45.1 Å². The number of thiophene rings is 1. The summed E-state index contributed by atoms with van der Waals surface area (Å²) in [5.41, 5.74) is -1.33. The summed E-state index contributed by atoms with van der Waals surface area (Å²) < 4.78 is 69.5. The molecule has 24 heavy (non-hydrogen) atoms. The Balaban J connectivity index is 2.45. The molecule has 1 aromatic carbocycles. The van der Waals surface area contributed by atoms with Crippen LogP contribution in [-0.4, -0.2) is 21.5 Å². The summed E-state index contributed by atoms with van der Waals surface area (Å²) in [5.74, 6) is -0.788. The largest absolute Gasteiger partial charge is 0.465 e. The minimum absolute atomic E-state index is 0.0610. The van der Waals surface area contributed by atoms with E-state index in [-0.39, 0.29) is 16.3 Å². The standard InChI is InChI=1S/C13H9ClF3NO4S2/c1-22-12(19)8-5-23-6-10(8)18-24(20,21)11-4-7(13(15,16)17)2-3-9(11)14/h2-6,18H,1H3. The number of benzene rings is 1. The maximum Gasteiger partial charge on any atom is 0.416 e. The first-order valence-corrected chi connectivity index (χ1v) is 8.90. The monoisotopic (exact) mass is 399 g/mol. The highest BCUT2D eigenvalue weighted by Gasteiger charge is 2.33. The predicted octanol–water partition coefficient (Wildman–Crippen LogP) is 4.01. The Bertz CT molecular complexity index is 878. The first-order valence-electron chi connectivity index (χ1n) is 6.10. The fourth-order valence-electron chi connectivity index (χ4n) is 1.73. The van der Waals surface area contributed by atoms with Gasteiger partial charge in [-0.1, -0.05) is 11.6 Å². The number of nitrogens with one attached hydrogen (secondary N) is 1. The molecule has 0 fully saturated rings. The van der Waals surface area contributed by atoms with Crippen LogP contribution in [0.2, 0.25) is 5.02 Å². The Labute approximate surface area is 144 Å². The van der Waals surface area contributed by atoms with E-state index in [4.69, 9.17) is 11.6 Å². The topological polar surface area (TPSA) is 72.5 Å². The average Bonchev–Trinajstić information content (AvgIpc) is 2.92. The molecule has 0 unspecified atom stereocenters. The quantitative estimate of drug-likeness (QED) is 0.788. The number of anilines is 1. The molecule has 0 bridgehead atoms. The molecule has 0 amide bonds. The van der Waals surface area contributed by atoms with Gasteiger partial charge in [0.1, 0.15) is 4.90 Å². The van der Waals surface area contributed by atoms with Crippen molar-refractivity contribution in [2.45, 2.75) is 11.1 Å². The van der Waals surface area contributed by atoms with E-state index in [0.717, 1.165) is 24.5 Å². The highest BCUT2D eigenvalue weighted by atomic mass is 35.5. The van der Waals surface area contributed by atoms with Crippen LogP contribution in [0.3, 0.4) is 0 Å². The van der Waals surface area contributed by atoms with Gasteiger partial charge < -0.3 is 4.74 Å². The zero-order valence-electron chi connectivity index (χ0n) is 11.8. The van der Waals surface area contributed by atoms with Crippen LogP contribution < -0.4 is 4.72 Å². The minimum atomic E-state index is -4.73. The Morgan fingerprint density at radius 3 is 2.54 bits per heavy atom. The molecule has 0 atom stereocenters. The third-order valence-corrected chi connectivity index (χ3v) is 5.45. The maximum absolute atomic E-state index is 12.8. The van der Waals surface area contributed by atoms with Crippen molar-refractivity contribution in [1.29, 1.82) is 0 Å². The minimum Gasteiger partial charge on any atom is -0.465 e. The van der Waals surface area contributed by atoms with E-state index < -0.39 is 32.6 Å². The smallest absolute Gasteiger partial charge is 0.416 e. The van der Waals surface area contributed by atoms with E-state index in [1.165, 1.54) is 10.8 Å². The number of carbonyl (C=O) groups is 1. The molecule has 0 aliphatic carbocycles. The first-order chi connectivity index (χ1) is 11.1. The molecule has 0 saturated carbocycles. The van der Waals surface area contributed by atoms with E-state index >= 15 is 0 Å². The van der Waals surface area contributed by atoms with Crippen LogP contribution in [0.25, 0.3) is 0 Å². The lowest BCUT2D eigenvalue weighted by molar-refractivity contribution is -0.137. The van der Waals surface area contributed by atoms with Crippen molar-refractivity contribution in [1.82, 2.24) is 0 Å². The van der Waals surface area contributed by atoms with Gasteiger partial charge in [0, 0.05) is 10.8 Å². The van der Waals surface area contributed by atoms with Gasteiger partial charge in [-0.3, -0.25) is 4.72 Å². The molecule has 11 heteroatoms. The second kappa shape index (κ2) is 6.61. The Hall–Kier alpha value is -1.78. The van der Waals surface area contributed by atoms with Gasteiger partial charge in [0.25, 0.3) is 10.0 Å². The number of carbonyl (C=O) groups excluding carboxylic acids is 1. The normalized spacial score (nSPS) is 12.0. The Kier molecular flexibility index (Phi) is 5.11. The van der Waals surface area contributed by atoms with Gasteiger partial charge in [-0.25, -0.2) is 13.2 Å². The number of esters is 1. The van der Waals surface area contributed by atoms with Gasteiger partial charge in [0.05, 0.1) is 28.9 Å². The summed E-state index contributed by atoms with van der Waals surface area (Å²) >= 11 is 6.74. The molecule has 1 aromatic heterocycles. The predicted molar refractivity (Wildman–Crippen MR) is 82.9 cm³/mol. The molecule has 2 aromatic rings. The maximum atomic E-state index is 12.8. The molecule has 1 heterocycles. The van der Waals surface area contributed by atoms with E-state index in [1.807, 2.05) is 4.72 Å². The summed E-state index contributed by atoms with van der Waals surface area (Å²) in [5, 5.41) is 2.27. The van der Waals surface area contributed by atoms with Crippen molar-refractivity contribution < 1.29 is 31.1 Å². The molecule has 1 N–H and O–H groups in total. The fourth-order valence-corrected chi connectivity index (χ4v) is 4.15. The molecule has 0 spiro atoms. The molecule has 5 nitrogen and oxygen atoms in total. The van der Waals surface area contributed by atoms with E-state index in [0.29, 0.717) is 12.1 Å². The second-order valence-electron chi connectivity index (χ2n) is 4.44. The fraction of sp³-hybridized carbons (Fsp3) is 0.154. The molecule has 0 radical (unpaired) electrons. The number of hydrogen-bond donors (Lipinski definition) is 1. The van der Waals surface area contributed by atoms with Crippen LogP contribution in [0.15, 0.2) is 33.9 Å². The van der Waals surface area contributed by atoms with Crippen LogP contribution in [0.5, 0.6) is 0 Å². The third-order valence-electron chi connectivity index (χ3n) is 2.86. The lowest BCUT2D eigenvalue weighted by Crippen LogP contribution is -2.16. The van der Waals surface area contributed by atoms with Gasteiger partial charge in [0.15, 0.2) is 0 Å². The van der Waals surface area contributed by atoms with E-state index in [1.54, 1.807) is 0 Å². The highest BCUT2D eigenvalue weighted by Crippen LogP contribution is 2.34. The number of ether oxygens (including phenoxy) is 1. The molecule has 0 aliphatic rings. The van der Waals surface area contributed by atoms with Gasteiger partial charge in [-0.15, -0.1) is 11.3 Å². The number of alkyl halides is 3. The number of methoxy groups -OCH3 is 1. The van der Waals surface area contributed by atoms with E-state index in [2.05, 4.69) is 4.74 Å². The molecule has 0 aliphatic heterocycles. The van der Waals surface area contributed by atoms with Crippen LogP contribution in [0.4, 0.5) is 18.9 Å². The summed E-state index contributed by atoms with van der Waals surface area (Å²) in [4.78, 5) is 10.8. The van der Waals surface area contributed by atoms with Crippen molar-refractivity contribution >= 4 is 44.6 Å². The SMILES string of the molecule is COC(=O)c1cscc1NS(=O)(=O)c1cc(C(F)(F)F)ccc1Cl. The highest BCUT2D eigenvalue weighted by molar-refractivity contribution is 7.92. The molecule has 2 rings (SSSR count). The van der Waals surface area contributed by atoms with Crippen LogP contribution in [0, 0.1) is 0 Å². The number of rotatable bonds is 4. The summed E-state index contributed by atoms with van der Waals surface area (Å²) in [7, 11) is -3.33. The lowest BCUT2D eigenvalue weighted by Gasteiger charge is -2.12. The van der Waals surface area contributed by atoms with Crippen molar-refractivity contribution in [2.24, 2.45) is 0 Å². The zero-order chi connectivity index (χ0) is 18.1. The van der Waals surface area contributed by atoms with Crippen LogP contribution >= 0.6 is 22.9 Å². The van der Waals surface area contributed by atoms with E-state index in [9.17, 15) is 26.4 Å². The molecular formula is C13H9ClF3NO4S2. The molecule has 130 valence electrons. The van der Waals surface area contributed by atoms with Gasteiger partial charge >= 0.3 is 12.1 Å². The molecular weight excluding hydrogens is 391 g/mol. The third kappa shape index (κ3) is 3.82. The van der Waals surface area contributed by atoms with Gasteiger partial charge in [-0.2, -0.15) is 13.2 Å². The van der Waals surface area contributed by atoms with Crippen molar-refractivity contribution in [2.75, 3.05) is 11.8 Å². The lowest BCUT2D eigenvalue weighted by atomic mass is 10.2. The summed E-state index contributed by atoms with van der Waals surface area (Å²) in [6, 6.07) is 1.94. The zero-order valence-corrected chi connectivity index (χ0v) is 14.2. The van der Waals surface area contributed by atoms with Gasteiger partial charge in [-0.05, 0) is 18.2 Å². The summed E-state index contributed by atoms with van der Waals surface area (Å²) in [6.07, 6.45) is -4.73. The van der Waals surface area contributed by atoms with Crippen molar-refractivity contribution in [3.63, 3.8) is 0 Å². The van der Waals surface area contributed by atoms with Crippen LogP contribution in [0.1, 0.15) is 15.9 Å². The number of halogens is 4. The Morgan fingerprint density at radius 2 is 1.96 bits per heavy atom. The van der Waals surface area contributed by atoms with Crippen molar-refractivity contribution in [3.8, 4) is 0 Å². The first kappa shape index (κ1) is 18.6. The second-order valence-corrected chi connectivity index (χ2v) is 7.24.